The van der Waals surface area contributed by atoms with E-state index in [9.17, 15) is 4.79 Å². The summed E-state index contributed by atoms with van der Waals surface area (Å²) in [5.74, 6) is 2.19. The third-order valence-corrected chi connectivity index (χ3v) is 7.57. The van der Waals surface area contributed by atoms with Crippen LogP contribution in [0.3, 0.4) is 0 Å². The van der Waals surface area contributed by atoms with Gasteiger partial charge in [0, 0.05) is 17.0 Å². The maximum absolute atomic E-state index is 12.6. The van der Waals surface area contributed by atoms with Gasteiger partial charge in [0.05, 0.1) is 26.3 Å². The van der Waals surface area contributed by atoms with Crippen molar-refractivity contribution in [1.29, 1.82) is 0 Å². The molecule has 1 N–H and O–H groups in total. The topological polar surface area (TPSA) is 60.5 Å². The van der Waals surface area contributed by atoms with Gasteiger partial charge >= 0.3 is 0 Å². The summed E-state index contributed by atoms with van der Waals surface area (Å²) in [5.41, 5.74) is 2.17. The van der Waals surface area contributed by atoms with Gasteiger partial charge in [0.2, 0.25) is 5.91 Å². The SMILES string of the molecule is CCC(C)(C)C1CCC(NC(=O)Cc2csc(-c3ccc(OC)c(OC)c3)n2)CC1. The van der Waals surface area contributed by atoms with Crippen LogP contribution in [0.25, 0.3) is 10.6 Å². The van der Waals surface area contributed by atoms with Gasteiger partial charge in [-0.2, -0.15) is 0 Å². The molecule has 1 aromatic carbocycles. The Labute approximate surface area is 184 Å². The van der Waals surface area contributed by atoms with Crippen molar-refractivity contribution in [3.8, 4) is 22.1 Å². The number of amides is 1. The summed E-state index contributed by atoms with van der Waals surface area (Å²) in [6.07, 6.45) is 6.09. The molecule has 1 fully saturated rings. The van der Waals surface area contributed by atoms with Gasteiger partial charge in [-0.05, 0) is 55.2 Å². The number of aromatic nitrogens is 1. The number of hydrogen-bond acceptors (Lipinski definition) is 5. The zero-order valence-corrected chi connectivity index (χ0v) is 19.6. The van der Waals surface area contributed by atoms with Crippen LogP contribution in [0.15, 0.2) is 23.6 Å². The summed E-state index contributed by atoms with van der Waals surface area (Å²) in [4.78, 5) is 17.2. The van der Waals surface area contributed by atoms with E-state index in [4.69, 9.17) is 9.47 Å². The molecule has 2 aromatic rings. The fourth-order valence-electron chi connectivity index (χ4n) is 4.24. The largest absolute Gasteiger partial charge is 0.493 e. The Bertz CT molecular complexity index is 854. The van der Waals surface area contributed by atoms with E-state index < -0.39 is 0 Å². The van der Waals surface area contributed by atoms with Crippen molar-refractivity contribution in [2.24, 2.45) is 11.3 Å². The quantitative estimate of drug-likeness (QED) is 0.602. The first kappa shape index (κ1) is 22.6. The highest BCUT2D eigenvalue weighted by Gasteiger charge is 2.32. The summed E-state index contributed by atoms with van der Waals surface area (Å²) < 4.78 is 10.7. The first-order valence-corrected chi connectivity index (χ1v) is 11.7. The molecule has 3 rings (SSSR count). The first-order chi connectivity index (χ1) is 14.4. The molecule has 0 saturated heterocycles. The van der Waals surface area contributed by atoms with E-state index in [0.717, 1.165) is 35.0 Å². The maximum Gasteiger partial charge on any atom is 0.226 e. The van der Waals surface area contributed by atoms with Crippen molar-refractivity contribution in [2.75, 3.05) is 14.2 Å². The Balaban J connectivity index is 1.55. The fourth-order valence-corrected chi connectivity index (χ4v) is 5.06. The second-order valence-electron chi connectivity index (χ2n) is 8.85. The average molecular weight is 431 g/mol. The number of carbonyl (C=O) groups is 1. The molecular weight excluding hydrogens is 396 g/mol. The molecule has 164 valence electrons. The van der Waals surface area contributed by atoms with Crippen molar-refractivity contribution in [2.45, 2.75) is 65.3 Å². The second kappa shape index (κ2) is 9.82. The van der Waals surface area contributed by atoms with E-state index in [0.29, 0.717) is 29.4 Å². The molecule has 6 heteroatoms. The van der Waals surface area contributed by atoms with Gasteiger partial charge in [-0.3, -0.25) is 4.79 Å². The summed E-state index contributed by atoms with van der Waals surface area (Å²) in [6, 6.07) is 6.04. The van der Waals surface area contributed by atoms with Crippen LogP contribution in [0, 0.1) is 11.3 Å². The standard InChI is InChI=1S/C24H34N2O3S/c1-6-24(2,3)17-8-10-18(11-9-17)25-22(27)14-19-15-30-23(26-19)16-7-12-20(28-4)21(13-16)29-5/h7,12-13,15,17-18H,6,8-11,14H2,1-5H3,(H,25,27). The lowest BCUT2D eigenvalue weighted by atomic mass is 9.69. The van der Waals surface area contributed by atoms with Gasteiger partial charge in [-0.25, -0.2) is 4.98 Å². The summed E-state index contributed by atoms with van der Waals surface area (Å²) in [6.45, 7) is 7.02. The zero-order valence-electron chi connectivity index (χ0n) is 18.8. The minimum absolute atomic E-state index is 0.0670. The van der Waals surface area contributed by atoms with Crippen LogP contribution in [0.2, 0.25) is 0 Å². The molecule has 1 aliphatic carbocycles. The molecule has 0 unspecified atom stereocenters. The molecular formula is C24H34N2O3S. The van der Waals surface area contributed by atoms with E-state index >= 15 is 0 Å². The van der Waals surface area contributed by atoms with Gasteiger partial charge < -0.3 is 14.8 Å². The smallest absolute Gasteiger partial charge is 0.226 e. The lowest BCUT2D eigenvalue weighted by molar-refractivity contribution is -0.121. The first-order valence-electron chi connectivity index (χ1n) is 10.8. The van der Waals surface area contributed by atoms with Gasteiger partial charge in [-0.1, -0.05) is 27.2 Å². The minimum atomic E-state index is 0.0670. The Morgan fingerprint density at radius 3 is 2.50 bits per heavy atom. The summed E-state index contributed by atoms with van der Waals surface area (Å²) in [7, 11) is 3.24. The molecule has 0 spiro atoms. The number of carbonyl (C=O) groups excluding carboxylic acids is 1. The van der Waals surface area contributed by atoms with Gasteiger partial charge in [-0.15, -0.1) is 11.3 Å². The molecule has 1 amide bonds. The fraction of sp³-hybridized carbons (Fsp3) is 0.583. The molecule has 1 aromatic heterocycles. The van der Waals surface area contributed by atoms with Crippen LogP contribution in [-0.4, -0.2) is 31.2 Å². The third kappa shape index (κ3) is 5.34. The lowest BCUT2D eigenvalue weighted by Gasteiger charge is -2.39. The highest BCUT2D eigenvalue weighted by molar-refractivity contribution is 7.13. The molecule has 5 nitrogen and oxygen atoms in total. The van der Waals surface area contributed by atoms with Gasteiger partial charge in [0.25, 0.3) is 0 Å². The zero-order chi connectivity index (χ0) is 21.7. The van der Waals surface area contributed by atoms with Gasteiger partial charge in [0.15, 0.2) is 11.5 Å². The van der Waals surface area contributed by atoms with Crippen molar-refractivity contribution in [3.63, 3.8) is 0 Å². The third-order valence-electron chi connectivity index (χ3n) is 6.63. The predicted molar refractivity (Wildman–Crippen MR) is 122 cm³/mol. The lowest BCUT2D eigenvalue weighted by Crippen LogP contribution is -2.40. The summed E-state index contributed by atoms with van der Waals surface area (Å²) >= 11 is 1.54. The second-order valence-corrected chi connectivity index (χ2v) is 9.71. The van der Waals surface area contributed by atoms with E-state index in [-0.39, 0.29) is 5.91 Å². The average Bonchev–Trinajstić information content (AvgIpc) is 3.21. The number of nitrogens with one attached hydrogen (secondary N) is 1. The Hall–Kier alpha value is -2.08. The number of thiazole rings is 1. The Morgan fingerprint density at radius 2 is 1.87 bits per heavy atom. The van der Waals surface area contributed by atoms with Crippen molar-refractivity contribution >= 4 is 17.2 Å². The monoisotopic (exact) mass is 430 g/mol. The number of methoxy groups -OCH3 is 2. The molecule has 0 aliphatic heterocycles. The number of rotatable bonds is 8. The Morgan fingerprint density at radius 1 is 1.17 bits per heavy atom. The van der Waals surface area contributed by atoms with Crippen molar-refractivity contribution in [3.05, 3.63) is 29.3 Å². The van der Waals surface area contributed by atoms with Crippen molar-refractivity contribution < 1.29 is 14.3 Å². The van der Waals surface area contributed by atoms with Crippen LogP contribution in [0.1, 0.15) is 58.6 Å². The number of ether oxygens (including phenoxy) is 2. The summed E-state index contributed by atoms with van der Waals surface area (Å²) in [5, 5.41) is 6.07. The van der Waals surface area contributed by atoms with E-state index in [1.807, 2.05) is 23.6 Å². The van der Waals surface area contributed by atoms with Crippen LogP contribution in [0.4, 0.5) is 0 Å². The van der Waals surface area contributed by atoms with Crippen LogP contribution in [0.5, 0.6) is 11.5 Å². The molecule has 1 aliphatic rings. The number of hydrogen-bond donors (Lipinski definition) is 1. The molecule has 0 atom stereocenters. The number of benzene rings is 1. The molecule has 1 saturated carbocycles. The Kier molecular flexibility index (Phi) is 7.40. The van der Waals surface area contributed by atoms with Crippen LogP contribution < -0.4 is 14.8 Å². The van der Waals surface area contributed by atoms with Crippen LogP contribution in [-0.2, 0) is 11.2 Å². The highest BCUT2D eigenvalue weighted by Crippen LogP contribution is 2.40. The van der Waals surface area contributed by atoms with E-state index in [1.165, 1.54) is 19.3 Å². The van der Waals surface area contributed by atoms with Crippen molar-refractivity contribution in [1.82, 2.24) is 10.3 Å². The molecule has 0 radical (unpaired) electrons. The normalized spacial score (nSPS) is 19.4. The molecule has 0 bridgehead atoms. The van der Waals surface area contributed by atoms with Crippen LogP contribution >= 0.6 is 11.3 Å². The maximum atomic E-state index is 12.6. The minimum Gasteiger partial charge on any atom is -0.493 e. The molecule has 1 heterocycles. The van der Waals surface area contributed by atoms with Gasteiger partial charge in [0.1, 0.15) is 5.01 Å². The predicted octanol–water partition coefficient (Wildman–Crippen LogP) is 5.48. The van der Waals surface area contributed by atoms with E-state index in [1.54, 1.807) is 25.6 Å². The van der Waals surface area contributed by atoms with E-state index in [2.05, 4.69) is 31.1 Å². The highest BCUT2D eigenvalue weighted by atomic mass is 32.1. The molecule has 30 heavy (non-hydrogen) atoms. The number of nitrogens with zero attached hydrogens (tertiary/aromatic N) is 1.